The van der Waals surface area contributed by atoms with Gasteiger partial charge in [0, 0.05) is 6.42 Å². The van der Waals surface area contributed by atoms with Crippen molar-refractivity contribution in [3.63, 3.8) is 0 Å². The van der Waals surface area contributed by atoms with E-state index < -0.39 is 0 Å². The summed E-state index contributed by atoms with van der Waals surface area (Å²) in [6.07, 6.45) is 2.06. The molecule has 2 heteroatoms. The summed E-state index contributed by atoms with van der Waals surface area (Å²) in [6.45, 7) is 3.55. The van der Waals surface area contributed by atoms with Crippen LogP contribution in [0.5, 0.6) is 0 Å². The van der Waals surface area contributed by atoms with Crippen molar-refractivity contribution in [2.75, 3.05) is 0 Å². The zero-order chi connectivity index (χ0) is 5.70. The fourth-order valence-corrected chi connectivity index (χ4v) is 0.398. The summed E-state index contributed by atoms with van der Waals surface area (Å²) in [5, 5.41) is -0.261. The third-order valence-corrected chi connectivity index (χ3v) is 0.812. The normalized spacial score (nSPS) is 8.71. The van der Waals surface area contributed by atoms with E-state index in [1.54, 1.807) is 0 Å². The van der Waals surface area contributed by atoms with Crippen LogP contribution < -0.4 is 0 Å². The van der Waals surface area contributed by atoms with Crippen LogP contribution in [0.3, 0.4) is 0 Å². The van der Waals surface area contributed by atoms with Gasteiger partial charge in [-0.15, -0.1) is 0 Å². The lowest BCUT2D eigenvalue weighted by Gasteiger charge is -1.80. The van der Waals surface area contributed by atoms with Crippen LogP contribution in [0.2, 0.25) is 0 Å². The molecule has 0 atom stereocenters. The van der Waals surface area contributed by atoms with Crippen LogP contribution in [0.1, 0.15) is 19.3 Å². The number of carbonyl (C=O) groups excluding carboxylic acids is 1. The molecule has 0 aliphatic heterocycles. The van der Waals surface area contributed by atoms with Gasteiger partial charge in [-0.25, -0.2) is 0 Å². The lowest BCUT2D eigenvalue weighted by Crippen LogP contribution is -1.82. The number of hydrogen-bond donors (Lipinski definition) is 0. The van der Waals surface area contributed by atoms with E-state index in [1.807, 2.05) is 0 Å². The van der Waals surface area contributed by atoms with E-state index in [9.17, 15) is 4.79 Å². The third-order valence-electron chi connectivity index (χ3n) is 0.623. The van der Waals surface area contributed by atoms with E-state index in [0.29, 0.717) is 6.42 Å². The highest BCUT2D eigenvalue weighted by Crippen LogP contribution is 1.96. The first-order chi connectivity index (χ1) is 3.27. The predicted molar refractivity (Wildman–Crippen MR) is 30.1 cm³/mol. The first-order valence-corrected chi connectivity index (χ1v) is 2.62. The third kappa shape index (κ3) is 5.83. The van der Waals surface area contributed by atoms with Crippen molar-refractivity contribution in [3.05, 3.63) is 6.92 Å². The SMILES string of the molecule is [CH2+]CCCC(=O)Cl. The molecule has 0 saturated heterocycles. The van der Waals surface area contributed by atoms with Gasteiger partial charge in [-0.05, 0) is 18.0 Å². The maximum absolute atomic E-state index is 9.94. The van der Waals surface area contributed by atoms with E-state index in [2.05, 4.69) is 6.92 Å². The minimum absolute atomic E-state index is 0.261. The molecule has 0 aromatic heterocycles. The molecule has 0 spiro atoms. The van der Waals surface area contributed by atoms with E-state index in [-0.39, 0.29) is 5.24 Å². The number of rotatable bonds is 3. The standard InChI is InChI=1S/C5H8ClO/c1-2-3-4-5(6)7/h1-4H2/q+1. The minimum atomic E-state index is -0.261. The number of carbonyl (C=O) groups is 1. The Morgan fingerprint density at radius 2 is 2.29 bits per heavy atom. The highest BCUT2D eigenvalue weighted by Gasteiger charge is 1.93. The topological polar surface area (TPSA) is 17.1 Å². The van der Waals surface area contributed by atoms with Crippen LogP contribution in [0.15, 0.2) is 0 Å². The van der Waals surface area contributed by atoms with Crippen LogP contribution >= 0.6 is 11.6 Å². The van der Waals surface area contributed by atoms with Crippen LogP contribution in [-0.2, 0) is 4.79 Å². The summed E-state index contributed by atoms with van der Waals surface area (Å²) in [5.41, 5.74) is 0. The van der Waals surface area contributed by atoms with Crippen molar-refractivity contribution in [2.45, 2.75) is 19.3 Å². The molecule has 0 N–H and O–H groups in total. The Hall–Kier alpha value is -0.170. The van der Waals surface area contributed by atoms with Gasteiger partial charge in [0.1, 0.15) is 0 Å². The average molecular weight is 120 g/mol. The lowest BCUT2D eigenvalue weighted by molar-refractivity contribution is -0.111. The van der Waals surface area contributed by atoms with Gasteiger partial charge in [0.05, 0.1) is 13.3 Å². The zero-order valence-corrected chi connectivity index (χ0v) is 4.87. The van der Waals surface area contributed by atoms with Gasteiger partial charge in [0.2, 0.25) is 5.24 Å². The molecule has 0 radical (unpaired) electrons. The molecule has 0 fully saturated rings. The maximum Gasteiger partial charge on any atom is 0.221 e. The maximum atomic E-state index is 9.94. The van der Waals surface area contributed by atoms with E-state index in [4.69, 9.17) is 11.6 Å². The molecule has 0 aliphatic carbocycles. The van der Waals surface area contributed by atoms with Gasteiger partial charge in [0.25, 0.3) is 0 Å². The molecule has 0 amide bonds. The summed E-state index contributed by atoms with van der Waals surface area (Å²) in [5.74, 6) is 0. The molecule has 0 unspecified atom stereocenters. The average Bonchev–Trinajstić information content (AvgIpc) is 1.61. The molecule has 1 nitrogen and oxygen atoms in total. The molecule has 0 aromatic rings. The summed E-state index contributed by atoms with van der Waals surface area (Å²) in [4.78, 5) is 9.94. The van der Waals surface area contributed by atoms with Crippen molar-refractivity contribution < 1.29 is 4.79 Å². The van der Waals surface area contributed by atoms with Crippen LogP contribution in [0.4, 0.5) is 0 Å². The van der Waals surface area contributed by atoms with Crippen LogP contribution in [0, 0.1) is 6.92 Å². The Bertz CT molecular complexity index is 61.1. The van der Waals surface area contributed by atoms with Gasteiger partial charge in [-0.2, -0.15) is 0 Å². The molecular weight excluding hydrogens is 112 g/mol. The Morgan fingerprint density at radius 3 is 2.43 bits per heavy atom. The second kappa shape index (κ2) is 4.00. The van der Waals surface area contributed by atoms with Crippen molar-refractivity contribution >= 4 is 16.8 Å². The van der Waals surface area contributed by atoms with Crippen molar-refractivity contribution in [2.24, 2.45) is 0 Å². The lowest BCUT2D eigenvalue weighted by atomic mass is 10.3. The Balaban J connectivity index is 2.82. The largest absolute Gasteiger partial charge is 0.281 e. The van der Waals surface area contributed by atoms with Gasteiger partial charge in [0.15, 0.2) is 0 Å². The molecule has 0 aliphatic rings. The van der Waals surface area contributed by atoms with Gasteiger partial charge in [-0.1, -0.05) is 0 Å². The van der Waals surface area contributed by atoms with Gasteiger partial charge in [-0.3, -0.25) is 4.79 Å². The first-order valence-electron chi connectivity index (χ1n) is 2.25. The highest BCUT2D eigenvalue weighted by atomic mass is 35.5. The summed E-state index contributed by atoms with van der Waals surface area (Å²) >= 11 is 4.99. The molecule has 0 heterocycles. The Kier molecular flexibility index (Phi) is 3.90. The first kappa shape index (κ1) is 6.83. The van der Waals surface area contributed by atoms with Crippen molar-refractivity contribution in [1.82, 2.24) is 0 Å². The predicted octanol–water partition coefficient (Wildman–Crippen LogP) is 1.76. The Labute approximate surface area is 48.7 Å². The molecule has 0 bridgehead atoms. The second-order valence-corrected chi connectivity index (χ2v) is 1.73. The molecular formula is C5H8ClO+. The monoisotopic (exact) mass is 119 g/mol. The van der Waals surface area contributed by atoms with E-state index in [1.165, 1.54) is 0 Å². The second-order valence-electron chi connectivity index (χ2n) is 1.31. The Morgan fingerprint density at radius 1 is 1.71 bits per heavy atom. The van der Waals surface area contributed by atoms with Crippen LogP contribution in [-0.4, -0.2) is 5.24 Å². The number of unbranched alkanes of at least 4 members (excludes halogenated alkanes) is 1. The number of hydrogen-bond acceptors (Lipinski definition) is 1. The van der Waals surface area contributed by atoms with E-state index in [0.717, 1.165) is 12.8 Å². The molecule has 0 rings (SSSR count). The fourth-order valence-electron chi connectivity index (χ4n) is 0.264. The molecule has 40 valence electrons. The quantitative estimate of drug-likeness (QED) is 0.409. The van der Waals surface area contributed by atoms with Crippen molar-refractivity contribution in [1.29, 1.82) is 0 Å². The van der Waals surface area contributed by atoms with Crippen molar-refractivity contribution in [3.8, 4) is 0 Å². The molecule has 7 heavy (non-hydrogen) atoms. The highest BCUT2D eigenvalue weighted by molar-refractivity contribution is 6.63. The molecule has 0 saturated carbocycles. The van der Waals surface area contributed by atoms with Crippen LogP contribution in [0.25, 0.3) is 0 Å². The zero-order valence-electron chi connectivity index (χ0n) is 4.11. The van der Waals surface area contributed by atoms with Gasteiger partial charge >= 0.3 is 0 Å². The number of halogens is 1. The minimum Gasteiger partial charge on any atom is -0.281 e. The van der Waals surface area contributed by atoms with Gasteiger partial charge < -0.3 is 0 Å². The summed E-state index contributed by atoms with van der Waals surface area (Å²) < 4.78 is 0. The smallest absolute Gasteiger partial charge is 0.221 e. The summed E-state index contributed by atoms with van der Waals surface area (Å²) in [7, 11) is 0. The fraction of sp³-hybridized carbons (Fsp3) is 0.600. The summed E-state index contributed by atoms with van der Waals surface area (Å²) in [6, 6.07) is 0. The van der Waals surface area contributed by atoms with E-state index >= 15 is 0 Å². The molecule has 0 aromatic carbocycles.